The molecule has 5 nitrogen and oxygen atoms in total. The number of carbonyl (C=O) groups is 2. The number of hydrogen-bond acceptors (Lipinski definition) is 4. The minimum atomic E-state index is -0.515. The zero-order chi connectivity index (χ0) is 18.7. The van der Waals surface area contributed by atoms with Gasteiger partial charge in [-0.05, 0) is 36.6 Å². The van der Waals surface area contributed by atoms with Crippen LogP contribution < -0.4 is 5.73 Å². The van der Waals surface area contributed by atoms with E-state index < -0.39 is 5.97 Å². The molecule has 1 aromatic heterocycles. The summed E-state index contributed by atoms with van der Waals surface area (Å²) >= 11 is 0. The first-order valence-electron chi connectivity index (χ1n) is 8.25. The molecule has 0 aliphatic heterocycles. The highest BCUT2D eigenvalue weighted by molar-refractivity contribution is 6.02. The van der Waals surface area contributed by atoms with Gasteiger partial charge in [-0.25, -0.2) is 4.79 Å². The standard InChI is InChI=1S/C21H20N2O3/c1-14-18(21(25)26-2)13-19(22)23(14)20(24)17-11-7-6-10-16(17)12-15-8-4-3-5-9-15/h3-11,13H,12,22H2,1-2H3. The zero-order valence-corrected chi connectivity index (χ0v) is 14.7. The van der Waals surface area contributed by atoms with Crippen LogP contribution in [-0.2, 0) is 11.2 Å². The Labute approximate surface area is 152 Å². The molecule has 0 spiro atoms. The van der Waals surface area contributed by atoms with E-state index in [9.17, 15) is 9.59 Å². The number of aromatic nitrogens is 1. The van der Waals surface area contributed by atoms with Crippen molar-refractivity contribution >= 4 is 17.7 Å². The molecule has 0 amide bonds. The summed E-state index contributed by atoms with van der Waals surface area (Å²) in [5, 5.41) is 0. The fraction of sp³-hybridized carbons (Fsp3) is 0.143. The van der Waals surface area contributed by atoms with E-state index in [0.29, 0.717) is 23.2 Å². The van der Waals surface area contributed by atoms with Crippen molar-refractivity contribution in [2.75, 3.05) is 12.8 Å². The number of benzene rings is 2. The van der Waals surface area contributed by atoms with Crippen LogP contribution in [0.15, 0.2) is 60.7 Å². The van der Waals surface area contributed by atoms with Gasteiger partial charge >= 0.3 is 5.97 Å². The molecule has 0 aliphatic rings. The van der Waals surface area contributed by atoms with Crippen LogP contribution in [0.4, 0.5) is 5.82 Å². The summed E-state index contributed by atoms with van der Waals surface area (Å²) in [5.41, 5.74) is 9.33. The molecule has 0 saturated heterocycles. The summed E-state index contributed by atoms with van der Waals surface area (Å²) in [5.74, 6) is -0.567. The number of hydrogen-bond donors (Lipinski definition) is 1. The fourth-order valence-electron chi connectivity index (χ4n) is 3.04. The third-order valence-corrected chi connectivity index (χ3v) is 4.37. The van der Waals surface area contributed by atoms with Crippen molar-refractivity contribution in [3.05, 3.63) is 88.6 Å². The molecule has 5 heteroatoms. The van der Waals surface area contributed by atoms with Gasteiger partial charge in [0.15, 0.2) is 0 Å². The Hall–Kier alpha value is -3.34. The van der Waals surface area contributed by atoms with Crippen LogP contribution >= 0.6 is 0 Å². The normalized spacial score (nSPS) is 10.5. The van der Waals surface area contributed by atoms with E-state index >= 15 is 0 Å². The molecule has 3 rings (SSSR count). The zero-order valence-electron chi connectivity index (χ0n) is 14.7. The highest BCUT2D eigenvalue weighted by Crippen LogP contribution is 2.22. The molecule has 26 heavy (non-hydrogen) atoms. The number of nitrogens with two attached hydrogens (primary N) is 1. The molecule has 0 unspecified atom stereocenters. The second kappa shape index (κ2) is 7.27. The van der Waals surface area contributed by atoms with E-state index in [1.165, 1.54) is 17.7 Å². The first-order chi connectivity index (χ1) is 12.5. The lowest BCUT2D eigenvalue weighted by atomic mass is 9.99. The van der Waals surface area contributed by atoms with Crippen LogP contribution in [0.3, 0.4) is 0 Å². The molecular formula is C21H20N2O3. The van der Waals surface area contributed by atoms with E-state index in [1.807, 2.05) is 48.5 Å². The number of methoxy groups -OCH3 is 1. The second-order valence-electron chi connectivity index (χ2n) is 6.02. The predicted octanol–water partition coefficient (Wildman–Crippen LogP) is 3.44. The molecule has 0 radical (unpaired) electrons. The summed E-state index contributed by atoms with van der Waals surface area (Å²) in [4.78, 5) is 25.0. The average molecular weight is 348 g/mol. The predicted molar refractivity (Wildman–Crippen MR) is 100 cm³/mol. The molecule has 0 fully saturated rings. The quantitative estimate of drug-likeness (QED) is 0.733. The van der Waals surface area contributed by atoms with Gasteiger partial charge in [0.1, 0.15) is 5.82 Å². The van der Waals surface area contributed by atoms with E-state index in [4.69, 9.17) is 10.5 Å². The van der Waals surface area contributed by atoms with Crippen LogP contribution in [0.5, 0.6) is 0 Å². The maximum atomic E-state index is 13.2. The molecule has 0 bridgehead atoms. The highest BCUT2D eigenvalue weighted by Gasteiger charge is 2.22. The smallest absolute Gasteiger partial charge is 0.339 e. The Morgan fingerprint density at radius 3 is 2.35 bits per heavy atom. The average Bonchev–Trinajstić information content (AvgIpc) is 2.96. The lowest BCUT2D eigenvalue weighted by molar-refractivity contribution is 0.0600. The van der Waals surface area contributed by atoms with Gasteiger partial charge in [0, 0.05) is 11.3 Å². The first-order valence-corrected chi connectivity index (χ1v) is 8.25. The Morgan fingerprint density at radius 2 is 1.65 bits per heavy atom. The number of nitrogen functional groups attached to an aromatic ring is 1. The molecule has 3 aromatic rings. The van der Waals surface area contributed by atoms with Crippen molar-refractivity contribution in [2.24, 2.45) is 0 Å². The topological polar surface area (TPSA) is 74.3 Å². The van der Waals surface area contributed by atoms with Gasteiger partial charge in [-0.15, -0.1) is 0 Å². The summed E-state index contributed by atoms with van der Waals surface area (Å²) in [6.07, 6.45) is 0.632. The van der Waals surface area contributed by atoms with Crippen molar-refractivity contribution in [1.29, 1.82) is 0 Å². The number of ether oxygens (including phenoxy) is 1. The molecule has 0 atom stereocenters. The number of esters is 1. The lowest BCUT2D eigenvalue weighted by Gasteiger charge is -2.12. The summed E-state index contributed by atoms with van der Waals surface area (Å²) in [6.45, 7) is 1.68. The van der Waals surface area contributed by atoms with Crippen LogP contribution in [0.1, 0.15) is 37.5 Å². The van der Waals surface area contributed by atoms with Gasteiger partial charge in [-0.1, -0.05) is 48.5 Å². The minimum absolute atomic E-state index is 0.211. The molecule has 0 saturated carbocycles. The van der Waals surface area contributed by atoms with Crippen molar-refractivity contribution < 1.29 is 14.3 Å². The van der Waals surface area contributed by atoms with E-state index in [2.05, 4.69) is 0 Å². The van der Waals surface area contributed by atoms with Gasteiger partial charge in [-0.3, -0.25) is 9.36 Å². The molecule has 1 heterocycles. The first kappa shape index (κ1) is 17.5. The number of rotatable bonds is 4. The molecule has 0 aliphatic carbocycles. The van der Waals surface area contributed by atoms with Crippen LogP contribution in [-0.4, -0.2) is 23.6 Å². The van der Waals surface area contributed by atoms with Gasteiger partial charge in [0.25, 0.3) is 5.91 Å². The van der Waals surface area contributed by atoms with E-state index in [-0.39, 0.29) is 11.7 Å². The monoisotopic (exact) mass is 348 g/mol. The molecular weight excluding hydrogens is 328 g/mol. The minimum Gasteiger partial charge on any atom is -0.465 e. The van der Waals surface area contributed by atoms with Crippen molar-refractivity contribution in [3.8, 4) is 0 Å². The Balaban J connectivity index is 2.02. The Morgan fingerprint density at radius 1 is 1.00 bits per heavy atom. The van der Waals surface area contributed by atoms with Crippen LogP contribution in [0.25, 0.3) is 0 Å². The molecule has 2 N–H and O–H groups in total. The Kier molecular flexibility index (Phi) is 4.89. The van der Waals surface area contributed by atoms with Crippen molar-refractivity contribution in [1.82, 2.24) is 4.57 Å². The van der Waals surface area contributed by atoms with E-state index in [0.717, 1.165) is 11.1 Å². The number of anilines is 1. The van der Waals surface area contributed by atoms with Gasteiger partial charge in [-0.2, -0.15) is 0 Å². The second-order valence-corrected chi connectivity index (χ2v) is 6.02. The fourth-order valence-corrected chi connectivity index (χ4v) is 3.04. The third kappa shape index (κ3) is 3.24. The number of nitrogens with zero attached hydrogens (tertiary/aromatic N) is 1. The maximum Gasteiger partial charge on any atom is 0.339 e. The van der Waals surface area contributed by atoms with Crippen molar-refractivity contribution in [2.45, 2.75) is 13.3 Å². The summed E-state index contributed by atoms with van der Waals surface area (Å²) in [6, 6.07) is 18.8. The summed E-state index contributed by atoms with van der Waals surface area (Å²) in [7, 11) is 1.30. The van der Waals surface area contributed by atoms with Gasteiger partial charge in [0.2, 0.25) is 0 Å². The molecule has 2 aromatic carbocycles. The Bertz CT molecular complexity index is 959. The maximum absolute atomic E-state index is 13.2. The van der Waals surface area contributed by atoms with Gasteiger partial charge in [0.05, 0.1) is 12.7 Å². The lowest BCUT2D eigenvalue weighted by Crippen LogP contribution is -2.18. The largest absolute Gasteiger partial charge is 0.465 e. The SMILES string of the molecule is COC(=O)c1cc(N)n(C(=O)c2ccccc2Cc2ccccc2)c1C. The highest BCUT2D eigenvalue weighted by atomic mass is 16.5. The third-order valence-electron chi connectivity index (χ3n) is 4.37. The van der Waals surface area contributed by atoms with Crippen LogP contribution in [0, 0.1) is 6.92 Å². The number of carbonyl (C=O) groups excluding carboxylic acids is 2. The van der Waals surface area contributed by atoms with Crippen molar-refractivity contribution in [3.63, 3.8) is 0 Å². The van der Waals surface area contributed by atoms with Crippen LogP contribution in [0.2, 0.25) is 0 Å². The van der Waals surface area contributed by atoms with Gasteiger partial charge < -0.3 is 10.5 Å². The van der Waals surface area contributed by atoms with E-state index in [1.54, 1.807) is 13.0 Å². The molecule has 132 valence electrons. The summed E-state index contributed by atoms with van der Waals surface area (Å²) < 4.78 is 6.11.